The minimum atomic E-state index is -4.63. The van der Waals surface area contributed by atoms with Gasteiger partial charge in [-0.05, 0) is 36.4 Å². The lowest BCUT2D eigenvalue weighted by atomic mass is 10.1. The number of anilines is 2. The van der Waals surface area contributed by atoms with Gasteiger partial charge < -0.3 is 14.8 Å². The first-order valence-electron chi connectivity index (χ1n) is 11.3. The molecule has 0 radical (unpaired) electrons. The number of halogens is 3. The molecule has 1 aliphatic rings. The van der Waals surface area contributed by atoms with Crippen LogP contribution in [0.4, 0.5) is 24.7 Å². The second-order valence-electron chi connectivity index (χ2n) is 8.33. The largest absolute Gasteiger partial charge is 0.486 e. The number of hydrogen-bond donors (Lipinski definition) is 1. The summed E-state index contributed by atoms with van der Waals surface area (Å²) in [5.74, 6) is 1.82. The van der Waals surface area contributed by atoms with Gasteiger partial charge in [0, 0.05) is 22.7 Å². The number of alkyl halides is 3. The van der Waals surface area contributed by atoms with Gasteiger partial charge in [-0.3, -0.25) is 0 Å². The summed E-state index contributed by atoms with van der Waals surface area (Å²) in [5.41, 5.74) is 1.39. The molecule has 0 aliphatic carbocycles. The molecular formula is C26H16F3N7O2. The Morgan fingerprint density at radius 3 is 2.58 bits per heavy atom. The number of aromatic nitrogens is 5. The number of ether oxygens (including phenoxy) is 2. The minimum absolute atomic E-state index is 0.282. The molecule has 6 rings (SSSR count). The molecule has 3 aromatic carbocycles. The van der Waals surface area contributed by atoms with Gasteiger partial charge in [0.1, 0.15) is 31.1 Å². The summed E-state index contributed by atoms with van der Waals surface area (Å²) in [6.07, 6.45) is -1.60. The molecule has 1 aliphatic heterocycles. The van der Waals surface area contributed by atoms with E-state index in [-0.39, 0.29) is 5.69 Å². The highest BCUT2D eigenvalue weighted by Gasteiger charge is 2.33. The van der Waals surface area contributed by atoms with E-state index in [4.69, 9.17) is 9.47 Å². The molecule has 9 nitrogen and oxygen atoms in total. The first kappa shape index (κ1) is 23.2. The number of fused-ring (bicyclic) bond motifs is 2. The maximum absolute atomic E-state index is 13.1. The van der Waals surface area contributed by atoms with E-state index in [9.17, 15) is 18.4 Å². The molecular weight excluding hydrogens is 499 g/mol. The van der Waals surface area contributed by atoms with Crippen LogP contribution in [0.15, 0.2) is 67.1 Å². The average molecular weight is 515 g/mol. The van der Waals surface area contributed by atoms with Gasteiger partial charge in [0.2, 0.25) is 0 Å². The van der Waals surface area contributed by atoms with Crippen LogP contribution in [0.2, 0.25) is 0 Å². The molecule has 0 saturated heterocycles. The lowest BCUT2D eigenvalue weighted by molar-refractivity contribution is -0.137. The van der Waals surface area contributed by atoms with Gasteiger partial charge >= 0.3 is 6.18 Å². The molecule has 12 heteroatoms. The third kappa shape index (κ3) is 4.30. The zero-order chi connectivity index (χ0) is 26.3. The first-order valence-corrected chi connectivity index (χ1v) is 11.3. The van der Waals surface area contributed by atoms with E-state index in [1.807, 2.05) is 36.4 Å². The number of benzene rings is 3. The van der Waals surface area contributed by atoms with Crippen LogP contribution in [-0.4, -0.2) is 38.2 Å². The lowest BCUT2D eigenvalue weighted by Crippen LogP contribution is -2.15. The van der Waals surface area contributed by atoms with Crippen LogP contribution in [-0.2, 0) is 6.18 Å². The summed E-state index contributed by atoms with van der Waals surface area (Å²) in [6, 6.07) is 15.8. The highest BCUT2D eigenvalue weighted by atomic mass is 19.4. The van der Waals surface area contributed by atoms with E-state index in [0.717, 1.165) is 17.5 Å². The Bertz CT molecular complexity index is 1730. The first-order chi connectivity index (χ1) is 18.4. The third-order valence-corrected chi connectivity index (χ3v) is 5.91. The molecule has 38 heavy (non-hydrogen) atoms. The van der Waals surface area contributed by atoms with Gasteiger partial charge in [-0.1, -0.05) is 17.3 Å². The Kier molecular flexibility index (Phi) is 5.53. The standard InChI is InChI=1S/C26H16F3N7O2/c27-26(28,29)20-5-4-18(9-16(20)12-30)36-13-22(34-35-36)15-2-1-3-17(8-15)33-25-19-10-23-24(38-7-6-37-23)11-21(19)31-14-32-25/h1-5,8-11,13-14H,6-7H2,(H,31,32,33). The van der Waals surface area contributed by atoms with Crippen LogP contribution in [0.1, 0.15) is 11.1 Å². The topological polar surface area (TPSA) is 111 Å². The van der Waals surface area contributed by atoms with Crippen LogP contribution in [0, 0.1) is 11.3 Å². The maximum Gasteiger partial charge on any atom is 0.417 e. The van der Waals surface area contributed by atoms with Crippen molar-refractivity contribution < 1.29 is 22.6 Å². The fraction of sp³-hybridized carbons (Fsp3) is 0.115. The van der Waals surface area contributed by atoms with Crippen molar-refractivity contribution in [1.82, 2.24) is 25.0 Å². The fourth-order valence-corrected chi connectivity index (χ4v) is 4.12. The van der Waals surface area contributed by atoms with Crippen molar-refractivity contribution in [2.24, 2.45) is 0 Å². The summed E-state index contributed by atoms with van der Waals surface area (Å²) in [4.78, 5) is 8.71. The van der Waals surface area contributed by atoms with E-state index in [1.54, 1.807) is 12.3 Å². The highest BCUT2D eigenvalue weighted by Crippen LogP contribution is 2.37. The van der Waals surface area contributed by atoms with Gasteiger partial charge in [-0.15, -0.1) is 5.10 Å². The summed E-state index contributed by atoms with van der Waals surface area (Å²) in [5, 5.41) is 21.4. The SMILES string of the molecule is N#Cc1cc(-n2cc(-c3cccc(Nc4ncnc5cc6c(cc45)OCCO6)c3)nn2)ccc1C(F)(F)F. The van der Waals surface area contributed by atoms with E-state index in [2.05, 4.69) is 25.6 Å². The lowest BCUT2D eigenvalue weighted by Gasteiger charge is -2.19. The number of rotatable bonds is 4. The smallest absolute Gasteiger partial charge is 0.417 e. The molecule has 0 spiro atoms. The predicted molar refractivity (Wildman–Crippen MR) is 130 cm³/mol. The van der Waals surface area contributed by atoms with Crippen molar-refractivity contribution in [3.63, 3.8) is 0 Å². The van der Waals surface area contributed by atoms with Crippen molar-refractivity contribution in [3.05, 3.63) is 78.2 Å². The van der Waals surface area contributed by atoms with Crippen LogP contribution in [0.25, 0.3) is 27.8 Å². The molecule has 3 heterocycles. The van der Waals surface area contributed by atoms with Crippen LogP contribution in [0.3, 0.4) is 0 Å². The Hall–Kier alpha value is -5.18. The molecule has 0 fully saturated rings. The summed E-state index contributed by atoms with van der Waals surface area (Å²) in [6.45, 7) is 0.937. The third-order valence-electron chi connectivity index (χ3n) is 5.91. The van der Waals surface area contributed by atoms with Crippen LogP contribution < -0.4 is 14.8 Å². The van der Waals surface area contributed by atoms with Gasteiger partial charge in [-0.25, -0.2) is 14.6 Å². The summed E-state index contributed by atoms with van der Waals surface area (Å²) < 4.78 is 52.1. The zero-order valence-electron chi connectivity index (χ0n) is 19.4. The molecule has 5 aromatic rings. The van der Waals surface area contributed by atoms with E-state index >= 15 is 0 Å². The van der Waals surface area contributed by atoms with Gasteiger partial charge in [0.25, 0.3) is 0 Å². The molecule has 0 unspecified atom stereocenters. The fourth-order valence-electron chi connectivity index (χ4n) is 4.12. The average Bonchev–Trinajstić information content (AvgIpc) is 3.42. The van der Waals surface area contributed by atoms with Gasteiger partial charge in [-0.2, -0.15) is 18.4 Å². The Morgan fingerprint density at radius 2 is 1.79 bits per heavy atom. The summed E-state index contributed by atoms with van der Waals surface area (Å²) >= 11 is 0. The van der Waals surface area contributed by atoms with Crippen molar-refractivity contribution in [2.75, 3.05) is 18.5 Å². The van der Waals surface area contributed by atoms with Gasteiger partial charge in [0.05, 0.1) is 34.6 Å². The quantitative estimate of drug-likeness (QED) is 0.344. The van der Waals surface area contributed by atoms with Crippen molar-refractivity contribution >= 4 is 22.4 Å². The van der Waals surface area contributed by atoms with E-state index in [1.165, 1.54) is 17.1 Å². The maximum atomic E-state index is 13.1. The summed E-state index contributed by atoms with van der Waals surface area (Å²) in [7, 11) is 0. The molecule has 0 atom stereocenters. The van der Waals surface area contributed by atoms with Crippen molar-refractivity contribution in [2.45, 2.75) is 6.18 Å². The monoisotopic (exact) mass is 515 g/mol. The van der Waals surface area contributed by atoms with E-state index in [0.29, 0.717) is 53.0 Å². The second-order valence-corrected chi connectivity index (χ2v) is 8.33. The highest BCUT2D eigenvalue weighted by molar-refractivity contribution is 5.93. The molecule has 1 N–H and O–H groups in total. The van der Waals surface area contributed by atoms with Crippen LogP contribution >= 0.6 is 0 Å². The normalized spacial score (nSPS) is 12.8. The Balaban J connectivity index is 1.29. The number of hydrogen-bond acceptors (Lipinski definition) is 8. The van der Waals surface area contributed by atoms with Crippen LogP contribution in [0.5, 0.6) is 11.5 Å². The number of nitriles is 1. The van der Waals surface area contributed by atoms with Crippen molar-refractivity contribution in [3.8, 4) is 34.5 Å². The minimum Gasteiger partial charge on any atom is -0.486 e. The predicted octanol–water partition coefficient (Wildman–Crippen LogP) is 5.28. The molecule has 0 amide bonds. The molecule has 0 bridgehead atoms. The number of nitrogens with zero attached hydrogens (tertiary/aromatic N) is 6. The number of nitrogens with one attached hydrogen (secondary N) is 1. The molecule has 188 valence electrons. The molecule has 0 saturated carbocycles. The van der Waals surface area contributed by atoms with E-state index < -0.39 is 17.3 Å². The Labute approximate surface area is 213 Å². The Morgan fingerprint density at radius 1 is 0.974 bits per heavy atom. The zero-order valence-corrected chi connectivity index (χ0v) is 19.4. The second kappa shape index (κ2) is 9.04. The molecule has 2 aromatic heterocycles. The van der Waals surface area contributed by atoms with Crippen molar-refractivity contribution in [1.29, 1.82) is 5.26 Å². The van der Waals surface area contributed by atoms with Gasteiger partial charge in [0.15, 0.2) is 11.5 Å².